The largest absolute Gasteiger partial charge is 0.507 e. The lowest BCUT2D eigenvalue weighted by atomic mass is 10.1. The molecule has 0 saturated carbocycles. The van der Waals surface area contributed by atoms with Gasteiger partial charge in [0.2, 0.25) is 0 Å². The monoisotopic (exact) mass is 341 g/mol. The first-order valence-corrected chi connectivity index (χ1v) is 7.42. The number of fused-ring (bicyclic) bond motifs is 1. The summed E-state index contributed by atoms with van der Waals surface area (Å²) in [5, 5.41) is 20.8. The highest BCUT2D eigenvalue weighted by molar-refractivity contribution is 6.16. The molecule has 7 heteroatoms. The van der Waals surface area contributed by atoms with Crippen LogP contribution in [0.3, 0.4) is 0 Å². The fraction of sp³-hybridized carbons (Fsp3) is 0.167. The van der Waals surface area contributed by atoms with Gasteiger partial charge in [0, 0.05) is 35.3 Å². The first kappa shape index (κ1) is 16.5. The van der Waals surface area contributed by atoms with Gasteiger partial charge in [-0.15, -0.1) is 0 Å². The van der Waals surface area contributed by atoms with Gasteiger partial charge >= 0.3 is 0 Å². The van der Waals surface area contributed by atoms with Crippen LogP contribution in [0.25, 0.3) is 6.08 Å². The molecule has 1 aliphatic carbocycles. The minimum absolute atomic E-state index is 0.128. The van der Waals surface area contributed by atoms with E-state index in [0.29, 0.717) is 29.1 Å². The van der Waals surface area contributed by atoms with Crippen LogP contribution in [0, 0.1) is 10.1 Å². The highest BCUT2D eigenvalue weighted by Gasteiger charge is 2.27. The first-order valence-electron chi connectivity index (χ1n) is 7.42. The third-order valence-electron chi connectivity index (χ3n) is 4.08. The van der Waals surface area contributed by atoms with E-state index in [4.69, 9.17) is 9.47 Å². The Morgan fingerprint density at radius 1 is 1.16 bits per heavy atom. The zero-order valence-electron chi connectivity index (χ0n) is 13.6. The van der Waals surface area contributed by atoms with Crippen molar-refractivity contribution in [2.45, 2.75) is 6.42 Å². The summed E-state index contributed by atoms with van der Waals surface area (Å²) < 4.78 is 10.5. The molecular formula is C18H15NO6. The minimum atomic E-state index is -0.553. The number of carbonyl (C=O) groups is 1. The summed E-state index contributed by atoms with van der Waals surface area (Å²) in [6.07, 6.45) is 1.82. The fourth-order valence-corrected chi connectivity index (χ4v) is 2.81. The molecule has 0 aromatic heterocycles. The number of nitrogens with zero attached hydrogens (tertiary/aromatic N) is 1. The Morgan fingerprint density at radius 3 is 2.48 bits per heavy atom. The summed E-state index contributed by atoms with van der Waals surface area (Å²) in [5.74, 6) is 0.640. The highest BCUT2D eigenvalue weighted by Crippen LogP contribution is 2.37. The maximum Gasteiger partial charge on any atom is 0.270 e. The van der Waals surface area contributed by atoms with Crippen LogP contribution in [0.1, 0.15) is 21.5 Å². The number of phenols is 1. The summed E-state index contributed by atoms with van der Waals surface area (Å²) >= 11 is 0. The van der Waals surface area contributed by atoms with E-state index in [1.807, 2.05) is 0 Å². The number of nitro groups is 1. The Morgan fingerprint density at radius 2 is 1.84 bits per heavy atom. The molecule has 1 aliphatic rings. The van der Waals surface area contributed by atoms with Crippen LogP contribution in [0.2, 0.25) is 0 Å². The normalized spacial score (nSPS) is 14.5. The third kappa shape index (κ3) is 2.91. The predicted molar refractivity (Wildman–Crippen MR) is 90.3 cm³/mol. The molecule has 0 unspecified atom stereocenters. The summed E-state index contributed by atoms with van der Waals surface area (Å²) in [4.78, 5) is 23.0. The van der Waals surface area contributed by atoms with Crippen molar-refractivity contribution in [2.75, 3.05) is 14.2 Å². The van der Waals surface area contributed by atoms with Crippen molar-refractivity contribution in [3.8, 4) is 17.2 Å². The molecule has 0 heterocycles. The zero-order chi connectivity index (χ0) is 18.1. The molecule has 0 saturated heterocycles. The van der Waals surface area contributed by atoms with Crippen molar-refractivity contribution < 1.29 is 24.3 Å². The third-order valence-corrected chi connectivity index (χ3v) is 4.08. The maximum atomic E-state index is 12.6. The number of rotatable bonds is 4. The second kappa shape index (κ2) is 6.27. The Bertz CT molecular complexity index is 916. The van der Waals surface area contributed by atoms with Gasteiger partial charge in [0.25, 0.3) is 5.69 Å². The molecule has 3 rings (SSSR count). The fourth-order valence-electron chi connectivity index (χ4n) is 2.81. The number of hydrogen-bond donors (Lipinski definition) is 1. The number of ether oxygens (including phenoxy) is 2. The molecule has 0 spiro atoms. The second-order valence-corrected chi connectivity index (χ2v) is 5.54. The van der Waals surface area contributed by atoms with E-state index < -0.39 is 4.92 Å². The molecule has 2 aromatic carbocycles. The van der Waals surface area contributed by atoms with E-state index in [2.05, 4.69) is 0 Å². The summed E-state index contributed by atoms with van der Waals surface area (Å²) in [6.45, 7) is 0. The standard InChI is InChI=1S/C18H15NO6/c1-24-16-8-10-5-12(18(21)14(10)9-17(16)25-2)6-11-7-13(19(22)23)3-4-15(11)20/h3-4,6-9,20H,5H2,1-2H3/b12-6+. The van der Waals surface area contributed by atoms with Crippen molar-refractivity contribution in [2.24, 2.45) is 0 Å². The van der Waals surface area contributed by atoms with Gasteiger partial charge in [0.1, 0.15) is 5.75 Å². The van der Waals surface area contributed by atoms with E-state index in [-0.39, 0.29) is 22.8 Å². The number of phenolic OH excluding ortho intramolecular Hbond substituents is 1. The van der Waals surface area contributed by atoms with Crippen molar-refractivity contribution in [1.82, 2.24) is 0 Å². The molecule has 0 radical (unpaired) electrons. The summed E-state index contributed by atoms with van der Waals surface area (Å²) in [5.41, 5.74) is 1.77. The minimum Gasteiger partial charge on any atom is -0.507 e. The quantitative estimate of drug-likeness (QED) is 0.521. The molecule has 0 bridgehead atoms. The number of hydrogen-bond acceptors (Lipinski definition) is 6. The molecule has 1 N–H and O–H groups in total. The number of aromatic hydroxyl groups is 1. The van der Waals surface area contributed by atoms with Crippen LogP contribution >= 0.6 is 0 Å². The maximum absolute atomic E-state index is 12.6. The van der Waals surface area contributed by atoms with E-state index in [0.717, 1.165) is 5.56 Å². The van der Waals surface area contributed by atoms with Gasteiger partial charge in [-0.25, -0.2) is 0 Å². The molecule has 0 atom stereocenters. The molecule has 0 fully saturated rings. The number of benzene rings is 2. The number of Topliss-reactive ketones (excluding diaryl/α,β-unsaturated/α-hetero) is 1. The van der Waals surface area contributed by atoms with E-state index in [1.165, 1.54) is 38.5 Å². The van der Waals surface area contributed by atoms with Crippen LogP contribution in [0.5, 0.6) is 17.2 Å². The van der Waals surface area contributed by atoms with Crippen LogP contribution < -0.4 is 9.47 Å². The van der Waals surface area contributed by atoms with Crippen LogP contribution in [0.15, 0.2) is 35.9 Å². The number of carbonyl (C=O) groups excluding carboxylic acids is 1. The number of methoxy groups -OCH3 is 2. The van der Waals surface area contributed by atoms with Gasteiger partial charge in [0.05, 0.1) is 19.1 Å². The second-order valence-electron chi connectivity index (χ2n) is 5.54. The van der Waals surface area contributed by atoms with Gasteiger partial charge in [-0.3, -0.25) is 14.9 Å². The van der Waals surface area contributed by atoms with E-state index in [9.17, 15) is 20.0 Å². The van der Waals surface area contributed by atoms with Crippen LogP contribution in [0.4, 0.5) is 5.69 Å². The molecule has 0 amide bonds. The number of ketones is 1. The molecule has 25 heavy (non-hydrogen) atoms. The first-order chi connectivity index (χ1) is 11.9. The van der Waals surface area contributed by atoms with Gasteiger partial charge in [0.15, 0.2) is 17.3 Å². The van der Waals surface area contributed by atoms with Gasteiger partial charge < -0.3 is 14.6 Å². The number of non-ortho nitro benzene ring substituents is 1. The summed E-state index contributed by atoms with van der Waals surface area (Å²) in [7, 11) is 3.00. The molecular weight excluding hydrogens is 326 g/mol. The van der Waals surface area contributed by atoms with Gasteiger partial charge in [-0.2, -0.15) is 0 Å². The zero-order valence-corrected chi connectivity index (χ0v) is 13.6. The molecule has 7 nitrogen and oxygen atoms in total. The smallest absolute Gasteiger partial charge is 0.270 e. The van der Waals surface area contributed by atoms with Crippen molar-refractivity contribution in [1.29, 1.82) is 0 Å². The number of nitro benzene ring substituents is 1. The van der Waals surface area contributed by atoms with Crippen LogP contribution in [-0.2, 0) is 6.42 Å². The Kier molecular flexibility index (Phi) is 4.14. The lowest BCUT2D eigenvalue weighted by Crippen LogP contribution is -1.98. The number of allylic oxidation sites excluding steroid dienone is 1. The average Bonchev–Trinajstić information content (AvgIpc) is 2.90. The lowest BCUT2D eigenvalue weighted by Gasteiger charge is -2.08. The Balaban J connectivity index is 2.03. The topological polar surface area (TPSA) is 98.9 Å². The summed E-state index contributed by atoms with van der Waals surface area (Å²) in [6, 6.07) is 7.03. The van der Waals surface area contributed by atoms with Crippen molar-refractivity contribution >= 4 is 17.5 Å². The van der Waals surface area contributed by atoms with Crippen molar-refractivity contribution in [3.05, 3.63) is 62.7 Å². The molecule has 128 valence electrons. The molecule has 0 aliphatic heterocycles. The van der Waals surface area contributed by atoms with Crippen molar-refractivity contribution in [3.63, 3.8) is 0 Å². The Hall–Kier alpha value is -3.35. The van der Waals surface area contributed by atoms with Gasteiger partial charge in [-0.1, -0.05) is 0 Å². The van der Waals surface area contributed by atoms with Crippen LogP contribution in [-0.4, -0.2) is 30.0 Å². The average molecular weight is 341 g/mol. The van der Waals surface area contributed by atoms with E-state index in [1.54, 1.807) is 12.1 Å². The Labute approximate surface area is 143 Å². The lowest BCUT2D eigenvalue weighted by molar-refractivity contribution is -0.384. The predicted octanol–water partition coefficient (Wildman–Crippen LogP) is 3.14. The van der Waals surface area contributed by atoms with E-state index >= 15 is 0 Å². The van der Waals surface area contributed by atoms with Gasteiger partial charge in [-0.05, 0) is 29.8 Å². The highest BCUT2D eigenvalue weighted by atomic mass is 16.6. The molecule has 2 aromatic rings. The SMILES string of the molecule is COc1cc2c(cc1OC)C(=O)/C(=C/c1cc([N+](=O)[O-])ccc1O)C2.